The summed E-state index contributed by atoms with van der Waals surface area (Å²) >= 11 is 0. The first kappa shape index (κ1) is 29.1. The fraction of sp³-hybridized carbons (Fsp3) is 0.875. The highest BCUT2D eigenvalue weighted by Crippen LogP contribution is 2.39. The van der Waals surface area contributed by atoms with Gasteiger partial charge in [-0.25, -0.2) is 0 Å². The summed E-state index contributed by atoms with van der Waals surface area (Å²) in [4.78, 5) is 12.4. The Labute approximate surface area is 202 Å². The van der Waals surface area contributed by atoms with Gasteiger partial charge in [0.2, 0.25) is 5.79 Å². The molecule has 2 aliphatic rings. The van der Waals surface area contributed by atoms with E-state index in [1.54, 1.807) is 21.1 Å². The smallest absolute Gasteiger partial charge is 0.256 e. The Bertz CT molecular complexity index is 687. The standard InChI is InChI=1S/C24H43NO9/c1-14-9-24(29,34-16(3)15(14)2)21(27)22(28)25-13-32-12-19-18(26)10-23(4,5)20(33-19)8-17(31-7)11-30-6/h15-21,26-27,29H,1,8-13H2,2-7H3,(H,25,28). The van der Waals surface area contributed by atoms with Crippen LogP contribution >= 0.6 is 0 Å². The summed E-state index contributed by atoms with van der Waals surface area (Å²) in [5, 5.41) is 34.0. The maximum absolute atomic E-state index is 12.4. The molecule has 34 heavy (non-hydrogen) atoms. The molecule has 8 atom stereocenters. The van der Waals surface area contributed by atoms with Crippen LogP contribution in [0.25, 0.3) is 0 Å². The second kappa shape index (κ2) is 12.2. The average molecular weight is 490 g/mol. The summed E-state index contributed by atoms with van der Waals surface area (Å²) in [7, 11) is 3.24. The van der Waals surface area contributed by atoms with E-state index in [1.165, 1.54) is 0 Å². The molecule has 2 aliphatic heterocycles. The van der Waals surface area contributed by atoms with Crippen LogP contribution in [0, 0.1) is 11.3 Å². The van der Waals surface area contributed by atoms with E-state index in [0.717, 1.165) is 0 Å². The summed E-state index contributed by atoms with van der Waals surface area (Å²) in [6, 6.07) is 0. The Morgan fingerprint density at radius 3 is 2.59 bits per heavy atom. The molecule has 198 valence electrons. The topological polar surface area (TPSA) is 136 Å². The van der Waals surface area contributed by atoms with Crippen LogP contribution in [-0.2, 0) is 28.5 Å². The Balaban J connectivity index is 1.84. The molecule has 10 nitrogen and oxygen atoms in total. The van der Waals surface area contributed by atoms with Crippen molar-refractivity contribution in [2.45, 2.75) is 89.4 Å². The number of carbonyl (C=O) groups excluding carboxylic acids is 1. The van der Waals surface area contributed by atoms with Gasteiger partial charge in [0.25, 0.3) is 5.91 Å². The lowest BCUT2D eigenvalue weighted by Gasteiger charge is -2.45. The molecule has 10 heteroatoms. The highest BCUT2D eigenvalue weighted by molar-refractivity contribution is 5.81. The van der Waals surface area contributed by atoms with Crippen LogP contribution < -0.4 is 5.32 Å². The van der Waals surface area contributed by atoms with E-state index in [-0.39, 0.29) is 43.3 Å². The first-order valence-electron chi connectivity index (χ1n) is 11.8. The predicted octanol–water partition coefficient (Wildman–Crippen LogP) is 0.723. The lowest BCUT2D eigenvalue weighted by Crippen LogP contribution is -2.57. The quantitative estimate of drug-likeness (QED) is 0.188. The second-order valence-corrected chi connectivity index (χ2v) is 10.2. The summed E-state index contributed by atoms with van der Waals surface area (Å²) in [5.41, 5.74) is 0.429. The number of methoxy groups -OCH3 is 2. The minimum absolute atomic E-state index is 0.00302. The molecule has 0 radical (unpaired) electrons. The van der Waals surface area contributed by atoms with Crippen molar-refractivity contribution < 1.29 is 43.8 Å². The first-order chi connectivity index (χ1) is 15.8. The van der Waals surface area contributed by atoms with Crippen molar-refractivity contribution in [3.63, 3.8) is 0 Å². The third kappa shape index (κ3) is 7.20. The molecule has 2 heterocycles. The fourth-order valence-corrected chi connectivity index (χ4v) is 4.51. The predicted molar refractivity (Wildman–Crippen MR) is 124 cm³/mol. The average Bonchev–Trinajstić information content (AvgIpc) is 2.76. The molecule has 4 N–H and O–H groups in total. The molecule has 2 rings (SSSR count). The van der Waals surface area contributed by atoms with Crippen molar-refractivity contribution in [3.8, 4) is 0 Å². The molecule has 0 spiro atoms. The summed E-state index contributed by atoms with van der Waals surface area (Å²) < 4.78 is 27.8. The van der Waals surface area contributed by atoms with Crippen LogP contribution in [0.3, 0.4) is 0 Å². The molecule has 0 saturated carbocycles. The van der Waals surface area contributed by atoms with E-state index in [9.17, 15) is 20.1 Å². The molecule has 2 saturated heterocycles. The second-order valence-electron chi connectivity index (χ2n) is 10.2. The zero-order chi connectivity index (χ0) is 25.7. The molecule has 8 unspecified atom stereocenters. The SMILES string of the molecule is C=C1CC(O)(C(O)C(=O)NCOCC2OC(CC(COC)OC)C(C)(C)CC2O)OC(C)C1C. The van der Waals surface area contributed by atoms with Gasteiger partial charge in [0.05, 0.1) is 37.6 Å². The van der Waals surface area contributed by atoms with Gasteiger partial charge < -0.3 is 44.3 Å². The Morgan fingerprint density at radius 1 is 1.32 bits per heavy atom. The third-order valence-corrected chi connectivity index (χ3v) is 7.06. The van der Waals surface area contributed by atoms with Gasteiger partial charge in [-0.1, -0.05) is 32.9 Å². The number of amides is 1. The van der Waals surface area contributed by atoms with E-state index < -0.39 is 36.1 Å². The van der Waals surface area contributed by atoms with Crippen LogP contribution in [-0.4, -0.2) is 97.8 Å². The normalized spacial score (nSPS) is 35.6. The van der Waals surface area contributed by atoms with Crippen LogP contribution in [0.1, 0.15) is 47.0 Å². The first-order valence-corrected chi connectivity index (χ1v) is 11.8. The third-order valence-electron chi connectivity index (χ3n) is 7.06. The van der Waals surface area contributed by atoms with Crippen LogP contribution in [0.4, 0.5) is 0 Å². The monoisotopic (exact) mass is 489 g/mol. The Kier molecular flexibility index (Phi) is 10.5. The Hall–Kier alpha value is -1.11. The highest BCUT2D eigenvalue weighted by Gasteiger charge is 2.48. The largest absolute Gasteiger partial charge is 0.390 e. The number of ether oxygens (including phenoxy) is 5. The molecule has 0 aromatic carbocycles. The zero-order valence-electron chi connectivity index (χ0n) is 21.3. The van der Waals surface area contributed by atoms with E-state index in [1.807, 2.05) is 20.8 Å². The van der Waals surface area contributed by atoms with E-state index in [0.29, 0.717) is 25.0 Å². The minimum Gasteiger partial charge on any atom is -0.390 e. The summed E-state index contributed by atoms with van der Waals surface area (Å²) in [5.74, 6) is -2.87. The van der Waals surface area contributed by atoms with E-state index in [4.69, 9.17) is 23.7 Å². The highest BCUT2D eigenvalue weighted by atomic mass is 16.6. The molecule has 1 amide bonds. The number of rotatable bonds is 11. The van der Waals surface area contributed by atoms with Gasteiger partial charge in [-0.05, 0) is 18.8 Å². The van der Waals surface area contributed by atoms with Crippen molar-refractivity contribution in [2.24, 2.45) is 11.3 Å². The van der Waals surface area contributed by atoms with Crippen LogP contribution in [0.2, 0.25) is 0 Å². The zero-order valence-corrected chi connectivity index (χ0v) is 21.3. The maximum Gasteiger partial charge on any atom is 0.256 e. The molecule has 2 fully saturated rings. The maximum atomic E-state index is 12.4. The van der Waals surface area contributed by atoms with Crippen molar-refractivity contribution in [2.75, 3.05) is 34.2 Å². The molecular weight excluding hydrogens is 446 g/mol. The number of aliphatic hydroxyl groups excluding tert-OH is 2. The Morgan fingerprint density at radius 2 is 2.00 bits per heavy atom. The number of carbonyl (C=O) groups is 1. The van der Waals surface area contributed by atoms with Gasteiger partial charge >= 0.3 is 0 Å². The summed E-state index contributed by atoms with van der Waals surface area (Å²) in [6.07, 6.45) is -2.77. The molecular formula is C24H43NO9. The minimum atomic E-state index is -2.05. The van der Waals surface area contributed by atoms with Gasteiger partial charge in [0.1, 0.15) is 12.8 Å². The van der Waals surface area contributed by atoms with Gasteiger partial charge in [-0.3, -0.25) is 4.79 Å². The number of aliphatic hydroxyl groups is 3. The van der Waals surface area contributed by atoms with E-state index in [2.05, 4.69) is 11.9 Å². The molecule has 0 aliphatic carbocycles. The molecule has 0 bridgehead atoms. The van der Waals surface area contributed by atoms with E-state index >= 15 is 0 Å². The fourth-order valence-electron chi connectivity index (χ4n) is 4.51. The molecule has 0 aromatic heterocycles. The lowest BCUT2D eigenvalue weighted by atomic mass is 9.75. The van der Waals surface area contributed by atoms with Gasteiger partial charge in [-0.15, -0.1) is 0 Å². The number of nitrogens with one attached hydrogen (secondary N) is 1. The number of hydrogen-bond acceptors (Lipinski definition) is 9. The van der Waals surface area contributed by atoms with Crippen molar-refractivity contribution in [3.05, 3.63) is 12.2 Å². The van der Waals surface area contributed by atoms with Gasteiger partial charge in [0.15, 0.2) is 6.10 Å². The van der Waals surface area contributed by atoms with Crippen LogP contribution in [0.15, 0.2) is 12.2 Å². The van der Waals surface area contributed by atoms with Crippen molar-refractivity contribution in [1.29, 1.82) is 0 Å². The van der Waals surface area contributed by atoms with Crippen molar-refractivity contribution in [1.82, 2.24) is 5.32 Å². The number of hydrogen-bond donors (Lipinski definition) is 4. The molecule has 0 aromatic rings. The van der Waals surface area contributed by atoms with Crippen molar-refractivity contribution >= 4 is 5.91 Å². The van der Waals surface area contributed by atoms with Gasteiger partial charge in [0, 0.05) is 33.0 Å². The van der Waals surface area contributed by atoms with Gasteiger partial charge in [-0.2, -0.15) is 0 Å². The summed E-state index contributed by atoms with van der Waals surface area (Å²) in [6.45, 7) is 11.9. The van der Waals surface area contributed by atoms with Crippen LogP contribution in [0.5, 0.6) is 0 Å². The lowest BCUT2D eigenvalue weighted by molar-refractivity contribution is -0.285.